The molecule has 2 rings (SSSR count). The molecule has 0 atom stereocenters. The van der Waals surface area contributed by atoms with Gasteiger partial charge < -0.3 is 10.4 Å². The van der Waals surface area contributed by atoms with E-state index in [-0.39, 0.29) is 22.2 Å². The molecular weight excluding hydrogens is 290 g/mol. The summed E-state index contributed by atoms with van der Waals surface area (Å²) in [5.41, 5.74) is 2.23. The van der Waals surface area contributed by atoms with Gasteiger partial charge in [-0.2, -0.15) is 0 Å². The van der Waals surface area contributed by atoms with Gasteiger partial charge in [0.1, 0.15) is 0 Å². The molecule has 0 radical (unpaired) electrons. The molecular formula is C16H14ClNO3. The van der Waals surface area contributed by atoms with Crippen molar-refractivity contribution >= 4 is 29.2 Å². The number of rotatable bonds is 3. The second-order valence-electron chi connectivity index (χ2n) is 4.69. The van der Waals surface area contributed by atoms with Crippen LogP contribution in [0.15, 0.2) is 36.4 Å². The van der Waals surface area contributed by atoms with Gasteiger partial charge >= 0.3 is 5.97 Å². The number of carbonyl (C=O) groups is 2. The van der Waals surface area contributed by atoms with E-state index < -0.39 is 5.97 Å². The van der Waals surface area contributed by atoms with Gasteiger partial charge in [0.05, 0.1) is 16.3 Å². The second-order valence-corrected chi connectivity index (χ2v) is 5.10. The zero-order valence-corrected chi connectivity index (χ0v) is 12.4. The fourth-order valence-corrected chi connectivity index (χ4v) is 2.40. The summed E-state index contributed by atoms with van der Waals surface area (Å²) in [6.07, 6.45) is 0. The molecule has 2 N–H and O–H groups in total. The third-order valence-electron chi connectivity index (χ3n) is 3.19. The van der Waals surface area contributed by atoms with Crippen LogP contribution in [0.1, 0.15) is 31.8 Å². The first-order valence-corrected chi connectivity index (χ1v) is 6.69. The zero-order valence-electron chi connectivity index (χ0n) is 11.6. The van der Waals surface area contributed by atoms with Crippen LogP contribution >= 0.6 is 11.6 Å². The topological polar surface area (TPSA) is 66.4 Å². The maximum Gasteiger partial charge on any atom is 0.337 e. The van der Waals surface area contributed by atoms with Crippen LogP contribution in [0.5, 0.6) is 0 Å². The number of nitrogens with one attached hydrogen (secondary N) is 1. The van der Waals surface area contributed by atoms with E-state index in [0.29, 0.717) is 5.56 Å². The molecule has 0 bridgehead atoms. The number of hydrogen-bond acceptors (Lipinski definition) is 2. The van der Waals surface area contributed by atoms with E-state index in [1.165, 1.54) is 18.2 Å². The van der Waals surface area contributed by atoms with Gasteiger partial charge in [-0.05, 0) is 37.1 Å². The lowest BCUT2D eigenvalue weighted by atomic mass is 10.0. The van der Waals surface area contributed by atoms with Crippen LogP contribution < -0.4 is 5.32 Å². The van der Waals surface area contributed by atoms with Crippen LogP contribution in [-0.4, -0.2) is 17.0 Å². The normalized spacial score (nSPS) is 10.2. The highest BCUT2D eigenvalue weighted by Gasteiger charge is 2.18. The Morgan fingerprint density at radius 1 is 1.05 bits per heavy atom. The van der Waals surface area contributed by atoms with E-state index in [1.54, 1.807) is 0 Å². The summed E-state index contributed by atoms with van der Waals surface area (Å²) in [6, 6.07) is 9.97. The van der Waals surface area contributed by atoms with Crippen molar-refractivity contribution in [1.82, 2.24) is 0 Å². The predicted molar refractivity (Wildman–Crippen MR) is 82.3 cm³/mol. The van der Waals surface area contributed by atoms with E-state index in [0.717, 1.165) is 11.1 Å². The zero-order chi connectivity index (χ0) is 15.6. The Morgan fingerprint density at radius 3 is 2.19 bits per heavy atom. The number of para-hydroxylation sites is 1. The van der Waals surface area contributed by atoms with Gasteiger partial charge in [-0.25, -0.2) is 4.79 Å². The van der Waals surface area contributed by atoms with Crippen molar-refractivity contribution in [2.24, 2.45) is 0 Å². The first kappa shape index (κ1) is 15.1. The molecule has 0 fully saturated rings. The Hall–Kier alpha value is -2.33. The third kappa shape index (κ3) is 3.06. The van der Waals surface area contributed by atoms with Crippen LogP contribution in [0.2, 0.25) is 5.02 Å². The summed E-state index contributed by atoms with van der Waals surface area (Å²) in [6.45, 7) is 3.65. The van der Waals surface area contributed by atoms with Crippen molar-refractivity contribution in [3.05, 3.63) is 63.7 Å². The number of carboxylic acid groups (broad SMARTS) is 1. The quantitative estimate of drug-likeness (QED) is 0.903. The molecule has 108 valence electrons. The summed E-state index contributed by atoms with van der Waals surface area (Å²) >= 11 is 6.01. The van der Waals surface area contributed by atoms with Crippen molar-refractivity contribution in [3.63, 3.8) is 0 Å². The third-order valence-corrected chi connectivity index (χ3v) is 3.51. The highest BCUT2D eigenvalue weighted by atomic mass is 35.5. The molecule has 0 spiro atoms. The summed E-state index contributed by atoms with van der Waals surface area (Å²) in [7, 11) is 0. The Labute approximate surface area is 127 Å². The number of halogens is 1. The molecule has 0 saturated carbocycles. The SMILES string of the molecule is Cc1cccc(C)c1C(=O)Nc1c(Cl)cccc1C(=O)O. The molecule has 4 nitrogen and oxygen atoms in total. The van der Waals surface area contributed by atoms with E-state index >= 15 is 0 Å². The highest BCUT2D eigenvalue weighted by molar-refractivity contribution is 6.35. The van der Waals surface area contributed by atoms with Crippen molar-refractivity contribution in [1.29, 1.82) is 0 Å². The standard InChI is InChI=1S/C16H14ClNO3/c1-9-5-3-6-10(2)13(9)15(19)18-14-11(16(20)21)7-4-8-12(14)17/h3-8H,1-2H3,(H,18,19)(H,20,21). The molecule has 0 aliphatic rings. The first-order valence-electron chi connectivity index (χ1n) is 6.31. The first-order chi connectivity index (χ1) is 9.91. The number of hydrogen-bond donors (Lipinski definition) is 2. The smallest absolute Gasteiger partial charge is 0.337 e. The van der Waals surface area contributed by atoms with E-state index in [9.17, 15) is 14.7 Å². The van der Waals surface area contributed by atoms with Gasteiger partial charge in [0.15, 0.2) is 0 Å². The maximum atomic E-state index is 12.4. The largest absolute Gasteiger partial charge is 0.478 e. The second kappa shape index (κ2) is 5.97. The van der Waals surface area contributed by atoms with Crippen molar-refractivity contribution < 1.29 is 14.7 Å². The number of anilines is 1. The van der Waals surface area contributed by atoms with Gasteiger partial charge in [-0.15, -0.1) is 0 Å². The van der Waals surface area contributed by atoms with Gasteiger partial charge in [0.2, 0.25) is 0 Å². The molecule has 0 aliphatic carbocycles. The monoisotopic (exact) mass is 303 g/mol. The minimum atomic E-state index is -1.14. The molecule has 0 aromatic heterocycles. The van der Waals surface area contributed by atoms with Gasteiger partial charge in [0, 0.05) is 5.56 Å². The molecule has 0 saturated heterocycles. The van der Waals surface area contributed by atoms with Crippen molar-refractivity contribution in [2.75, 3.05) is 5.32 Å². The molecule has 5 heteroatoms. The van der Waals surface area contributed by atoms with Crippen LogP contribution in [0, 0.1) is 13.8 Å². The van der Waals surface area contributed by atoms with Crippen molar-refractivity contribution in [3.8, 4) is 0 Å². The molecule has 21 heavy (non-hydrogen) atoms. The lowest BCUT2D eigenvalue weighted by Gasteiger charge is -2.13. The summed E-state index contributed by atoms with van der Waals surface area (Å²) in [4.78, 5) is 23.6. The Balaban J connectivity index is 2.44. The summed E-state index contributed by atoms with van der Waals surface area (Å²) < 4.78 is 0. The fourth-order valence-electron chi connectivity index (χ4n) is 2.18. The predicted octanol–water partition coefficient (Wildman–Crippen LogP) is 3.91. The minimum Gasteiger partial charge on any atom is -0.478 e. The lowest BCUT2D eigenvalue weighted by molar-refractivity contribution is 0.0698. The van der Waals surface area contributed by atoms with Gasteiger partial charge in [0.25, 0.3) is 5.91 Å². The molecule has 2 aromatic carbocycles. The van der Waals surface area contributed by atoms with Gasteiger partial charge in [-0.1, -0.05) is 35.9 Å². The Bertz CT molecular complexity index is 705. The Morgan fingerprint density at radius 2 is 1.62 bits per heavy atom. The molecule has 0 aliphatic heterocycles. The van der Waals surface area contributed by atoms with Gasteiger partial charge in [-0.3, -0.25) is 4.79 Å². The van der Waals surface area contributed by atoms with E-state index in [4.69, 9.17) is 11.6 Å². The molecule has 2 aromatic rings. The van der Waals surface area contributed by atoms with E-state index in [1.807, 2.05) is 32.0 Å². The average Bonchev–Trinajstić information content (AvgIpc) is 2.40. The molecule has 1 amide bonds. The van der Waals surface area contributed by atoms with Crippen LogP contribution in [0.3, 0.4) is 0 Å². The molecule has 0 heterocycles. The number of carboxylic acids is 1. The Kier molecular flexibility index (Phi) is 4.29. The number of amides is 1. The summed E-state index contributed by atoms with van der Waals surface area (Å²) in [5, 5.41) is 12.0. The number of aryl methyl sites for hydroxylation is 2. The summed E-state index contributed by atoms with van der Waals surface area (Å²) in [5.74, 6) is -1.52. The maximum absolute atomic E-state index is 12.4. The van der Waals surface area contributed by atoms with Crippen LogP contribution in [0.25, 0.3) is 0 Å². The number of aromatic carboxylic acids is 1. The minimum absolute atomic E-state index is 0.0397. The van der Waals surface area contributed by atoms with E-state index in [2.05, 4.69) is 5.32 Å². The van der Waals surface area contributed by atoms with Crippen molar-refractivity contribution in [2.45, 2.75) is 13.8 Å². The van der Waals surface area contributed by atoms with Crippen LogP contribution in [0.4, 0.5) is 5.69 Å². The number of carbonyl (C=O) groups excluding carboxylic acids is 1. The van der Waals surface area contributed by atoms with Crippen LogP contribution in [-0.2, 0) is 0 Å². The number of benzene rings is 2. The highest BCUT2D eigenvalue weighted by Crippen LogP contribution is 2.27. The fraction of sp³-hybridized carbons (Fsp3) is 0.125. The lowest BCUT2D eigenvalue weighted by Crippen LogP contribution is -2.17. The molecule has 0 unspecified atom stereocenters. The average molecular weight is 304 g/mol.